The molecule has 0 saturated carbocycles. The second-order valence-corrected chi connectivity index (χ2v) is 4.97. The number of nitrogens with two attached hydrogens (primary N) is 1. The molecular weight excluding hydrogens is 270 g/mol. The van der Waals surface area contributed by atoms with Gasteiger partial charge in [-0.3, -0.25) is 0 Å². The number of hydrogen-bond acceptors (Lipinski definition) is 6. The minimum Gasteiger partial charge on any atom is -0.497 e. The molecule has 114 valence electrons. The molecule has 1 aromatic carbocycles. The van der Waals surface area contributed by atoms with Gasteiger partial charge in [-0.2, -0.15) is 4.98 Å². The number of hydrogen-bond donors (Lipinski definition) is 1. The van der Waals surface area contributed by atoms with Crippen molar-refractivity contribution in [2.45, 2.75) is 26.3 Å². The molecule has 0 radical (unpaired) electrons. The van der Waals surface area contributed by atoms with E-state index in [4.69, 9.17) is 19.7 Å². The third kappa shape index (κ3) is 3.33. The van der Waals surface area contributed by atoms with Crippen LogP contribution in [0, 0.1) is 5.92 Å². The molecule has 2 rings (SSSR count). The van der Waals surface area contributed by atoms with Crippen molar-refractivity contribution in [1.82, 2.24) is 10.1 Å². The fourth-order valence-corrected chi connectivity index (χ4v) is 1.92. The molecule has 0 spiro atoms. The minimum atomic E-state index is -0.260. The lowest BCUT2D eigenvalue weighted by Crippen LogP contribution is -2.18. The second kappa shape index (κ2) is 6.58. The van der Waals surface area contributed by atoms with Crippen LogP contribution in [-0.2, 0) is 0 Å². The third-order valence-electron chi connectivity index (χ3n) is 3.59. The molecule has 2 N–H and O–H groups in total. The third-order valence-corrected chi connectivity index (χ3v) is 3.59. The average molecular weight is 291 g/mol. The maximum atomic E-state index is 6.11. The standard InChI is InChI=1S/C15H21N3O3/c1-5-9(2)13(16)15-17-14(18-21-15)10-6-11(19-3)8-12(7-10)20-4/h6-9,13H,5,16H2,1-4H3/t9-,13-/m0/s1. The van der Waals surface area contributed by atoms with Crippen LogP contribution in [0.2, 0.25) is 0 Å². The van der Waals surface area contributed by atoms with Gasteiger partial charge in [-0.1, -0.05) is 25.4 Å². The van der Waals surface area contributed by atoms with E-state index < -0.39 is 0 Å². The Morgan fingerprint density at radius 3 is 2.33 bits per heavy atom. The van der Waals surface area contributed by atoms with Gasteiger partial charge in [0.25, 0.3) is 0 Å². The Balaban J connectivity index is 2.33. The first-order valence-electron chi connectivity index (χ1n) is 6.91. The minimum absolute atomic E-state index is 0.260. The topological polar surface area (TPSA) is 83.4 Å². The Kier molecular flexibility index (Phi) is 4.80. The highest BCUT2D eigenvalue weighted by Crippen LogP contribution is 2.29. The quantitative estimate of drug-likeness (QED) is 0.881. The van der Waals surface area contributed by atoms with Crippen molar-refractivity contribution >= 4 is 0 Å². The van der Waals surface area contributed by atoms with E-state index in [9.17, 15) is 0 Å². The van der Waals surface area contributed by atoms with E-state index in [1.54, 1.807) is 20.3 Å². The summed E-state index contributed by atoms with van der Waals surface area (Å²) in [7, 11) is 3.19. The summed E-state index contributed by atoms with van der Waals surface area (Å²) in [5.74, 6) is 2.53. The predicted octanol–water partition coefficient (Wildman–Crippen LogP) is 2.80. The van der Waals surface area contributed by atoms with E-state index in [-0.39, 0.29) is 12.0 Å². The van der Waals surface area contributed by atoms with Gasteiger partial charge in [-0.05, 0) is 18.1 Å². The number of ether oxygens (including phenoxy) is 2. The van der Waals surface area contributed by atoms with Crippen LogP contribution >= 0.6 is 0 Å². The van der Waals surface area contributed by atoms with E-state index in [1.165, 1.54) is 0 Å². The summed E-state index contributed by atoms with van der Waals surface area (Å²) >= 11 is 0. The van der Waals surface area contributed by atoms with Gasteiger partial charge < -0.3 is 19.7 Å². The summed E-state index contributed by atoms with van der Waals surface area (Å²) in [6, 6.07) is 5.18. The van der Waals surface area contributed by atoms with E-state index in [2.05, 4.69) is 24.0 Å². The Morgan fingerprint density at radius 2 is 1.81 bits per heavy atom. The summed E-state index contributed by atoms with van der Waals surface area (Å²) in [6.45, 7) is 4.14. The average Bonchev–Trinajstić information content (AvgIpc) is 3.02. The van der Waals surface area contributed by atoms with Crippen molar-refractivity contribution in [3.8, 4) is 22.9 Å². The SMILES string of the molecule is CC[C@H](C)[C@H](N)c1nc(-c2cc(OC)cc(OC)c2)no1. The van der Waals surface area contributed by atoms with E-state index in [0.29, 0.717) is 23.2 Å². The fourth-order valence-electron chi connectivity index (χ4n) is 1.92. The van der Waals surface area contributed by atoms with Crippen LogP contribution in [0.3, 0.4) is 0 Å². The molecule has 0 fully saturated rings. The first-order valence-corrected chi connectivity index (χ1v) is 6.91. The Labute approximate surface area is 124 Å². The summed E-state index contributed by atoms with van der Waals surface area (Å²) in [6.07, 6.45) is 0.950. The van der Waals surface area contributed by atoms with Crippen LogP contribution in [0.25, 0.3) is 11.4 Å². The molecule has 0 aliphatic rings. The highest BCUT2D eigenvalue weighted by atomic mass is 16.5. The molecule has 0 aliphatic heterocycles. The smallest absolute Gasteiger partial charge is 0.244 e. The van der Waals surface area contributed by atoms with Crippen LogP contribution in [-0.4, -0.2) is 24.4 Å². The van der Waals surface area contributed by atoms with Gasteiger partial charge in [0, 0.05) is 11.6 Å². The Morgan fingerprint density at radius 1 is 1.19 bits per heavy atom. The van der Waals surface area contributed by atoms with E-state index in [1.807, 2.05) is 12.1 Å². The van der Waals surface area contributed by atoms with Crippen molar-refractivity contribution in [2.75, 3.05) is 14.2 Å². The number of benzene rings is 1. The normalized spacial score (nSPS) is 13.8. The van der Waals surface area contributed by atoms with E-state index >= 15 is 0 Å². The molecule has 0 amide bonds. The maximum Gasteiger partial charge on any atom is 0.244 e. The molecule has 6 nitrogen and oxygen atoms in total. The molecule has 1 heterocycles. The molecule has 21 heavy (non-hydrogen) atoms. The highest BCUT2D eigenvalue weighted by molar-refractivity contribution is 5.60. The lowest BCUT2D eigenvalue weighted by Gasteiger charge is -2.13. The monoisotopic (exact) mass is 291 g/mol. The van der Waals surface area contributed by atoms with Gasteiger partial charge in [0.15, 0.2) is 0 Å². The molecule has 2 atom stereocenters. The zero-order chi connectivity index (χ0) is 15.4. The summed E-state index contributed by atoms with van der Waals surface area (Å²) < 4.78 is 15.8. The highest BCUT2D eigenvalue weighted by Gasteiger charge is 2.21. The number of methoxy groups -OCH3 is 2. The van der Waals surface area contributed by atoms with Crippen LogP contribution in [0.5, 0.6) is 11.5 Å². The van der Waals surface area contributed by atoms with Crippen LogP contribution in [0.15, 0.2) is 22.7 Å². The first-order chi connectivity index (χ1) is 10.1. The number of nitrogens with zero attached hydrogens (tertiary/aromatic N) is 2. The van der Waals surface area contributed by atoms with Crippen LogP contribution in [0.1, 0.15) is 32.2 Å². The Hall–Kier alpha value is -2.08. The Bertz CT molecular complexity index is 575. The molecule has 0 saturated heterocycles. The van der Waals surface area contributed by atoms with Crippen molar-refractivity contribution in [1.29, 1.82) is 0 Å². The largest absolute Gasteiger partial charge is 0.497 e. The second-order valence-electron chi connectivity index (χ2n) is 4.97. The van der Waals surface area contributed by atoms with Gasteiger partial charge in [-0.25, -0.2) is 0 Å². The van der Waals surface area contributed by atoms with Gasteiger partial charge in [0.1, 0.15) is 11.5 Å². The maximum absolute atomic E-state index is 6.11. The number of aromatic nitrogens is 2. The lowest BCUT2D eigenvalue weighted by atomic mass is 10.0. The molecule has 2 aromatic rings. The zero-order valence-corrected chi connectivity index (χ0v) is 12.8. The lowest BCUT2D eigenvalue weighted by molar-refractivity contribution is 0.312. The molecular formula is C15H21N3O3. The first kappa shape index (κ1) is 15.3. The van der Waals surface area contributed by atoms with Crippen molar-refractivity contribution < 1.29 is 14.0 Å². The summed E-state index contributed by atoms with van der Waals surface area (Å²) in [4.78, 5) is 4.39. The van der Waals surface area contributed by atoms with Crippen LogP contribution in [0.4, 0.5) is 0 Å². The molecule has 0 bridgehead atoms. The van der Waals surface area contributed by atoms with Crippen molar-refractivity contribution in [3.63, 3.8) is 0 Å². The number of rotatable bonds is 6. The van der Waals surface area contributed by atoms with Gasteiger partial charge in [-0.15, -0.1) is 0 Å². The summed E-state index contributed by atoms with van der Waals surface area (Å²) in [5, 5.41) is 4.00. The van der Waals surface area contributed by atoms with Crippen molar-refractivity contribution in [3.05, 3.63) is 24.1 Å². The molecule has 0 aliphatic carbocycles. The summed E-state index contributed by atoms with van der Waals surface area (Å²) in [5.41, 5.74) is 6.87. The van der Waals surface area contributed by atoms with E-state index in [0.717, 1.165) is 12.0 Å². The molecule has 1 aromatic heterocycles. The van der Waals surface area contributed by atoms with Gasteiger partial charge in [0.2, 0.25) is 11.7 Å². The van der Waals surface area contributed by atoms with Crippen LogP contribution < -0.4 is 15.2 Å². The fraction of sp³-hybridized carbons (Fsp3) is 0.467. The van der Waals surface area contributed by atoms with Crippen molar-refractivity contribution in [2.24, 2.45) is 11.7 Å². The zero-order valence-electron chi connectivity index (χ0n) is 12.8. The molecule has 6 heteroatoms. The van der Waals surface area contributed by atoms with Gasteiger partial charge in [0.05, 0.1) is 20.3 Å². The predicted molar refractivity (Wildman–Crippen MR) is 79.2 cm³/mol. The van der Waals surface area contributed by atoms with Gasteiger partial charge >= 0.3 is 0 Å². The molecule has 0 unspecified atom stereocenters.